The highest BCUT2D eigenvalue weighted by molar-refractivity contribution is 5.99. The summed E-state index contributed by atoms with van der Waals surface area (Å²) in [5.74, 6) is 0.555. The maximum absolute atomic E-state index is 12.3. The second kappa shape index (κ2) is 5.87. The Morgan fingerprint density at radius 3 is 2.59 bits per heavy atom. The number of hydrogen-bond donors (Lipinski definition) is 1. The predicted octanol–water partition coefficient (Wildman–Crippen LogP) is 1.31. The number of piperidine rings is 1. The number of carbonyl (C=O) groups is 3. The Kier molecular flexibility index (Phi) is 3.92. The molecule has 1 spiro atoms. The number of hydrogen-bond acceptors (Lipinski definition) is 5. The van der Waals surface area contributed by atoms with Crippen molar-refractivity contribution >= 4 is 23.9 Å². The highest BCUT2D eigenvalue weighted by Crippen LogP contribution is 2.39. The number of anilines is 1. The van der Waals surface area contributed by atoms with Crippen LogP contribution >= 0.6 is 0 Å². The van der Waals surface area contributed by atoms with Crippen molar-refractivity contribution in [1.82, 2.24) is 10.3 Å². The molecule has 0 radical (unpaired) electrons. The molecular formula is C16H19N3O3. The molecule has 0 saturated carbocycles. The Labute approximate surface area is 128 Å². The van der Waals surface area contributed by atoms with E-state index in [1.807, 2.05) is 6.07 Å². The van der Waals surface area contributed by atoms with E-state index in [4.69, 9.17) is 0 Å². The fourth-order valence-electron chi connectivity index (χ4n) is 3.32. The zero-order chi connectivity index (χ0) is 15.6. The van der Waals surface area contributed by atoms with Crippen LogP contribution in [0.1, 0.15) is 42.5 Å². The van der Waals surface area contributed by atoms with Gasteiger partial charge in [0, 0.05) is 31.3 Å². The van der Waals surface area contributed by atoms with Crippen LogP contribution in [0.25, 0.3) is 0 Å². The number of nitrogens with one attached hydrogen (secondary N) is 1. The largest absolute Gasteiger partial charge is 0.357 e. The Balaban J connectivity index is 1.69. The van der Waals surface area contributed by atoms with Crippen LogP contribution in [-0.2, 0) is 9.59 Å². The van der Waals surface area contributed by atoms with Gasteiger partial charge in [-0.25, -0.2) is 4.98 Å². The molecule has 0 aliphatic carbocycles. The van der Waals surface area contributed by atoms with Gasteiger partial charge in [0.05, 0.1) is 5.41 Å². The first-order chi connectivity index (χ1) is 10.6. The lowest BCUT2D eigenvalue weighted by molar-refractivity contribution is -0.136. The molecule has 0 aromatic carbocycles. The van der Waals surface area contributed by atoms with Gasteiger partial charge >= 0.3 is 0 Å². The van der Waals surface area contributed by atoms with E-state index in [1.54, 1.807) is 12.3 Å². The first-order valence-corrected chi connectivity index (χ1v) is 7.63. The number of carbonyl (C=O) groups excluding carboxylic acids is 3. The zero-order valence-corrected chi connectivity index (χ0v) is 12.4. The summed E-state index contributed by atoms with van der Waals surface area (Å²) in [5, 5.41) is 2.52. The van der Waals surface area contributed by atoms with Gasteiger partial charge in [0.2, 0.25) is 11.8 Å². The summed E-state index contributed by atoms with van der Waals surface area (Å²) in [6.07, 6.45) is 5.76. The van der Waals surface area contributed by atoms with Crippen molar-refractivity contribution in [3.05, 3.63) is 23.9 Å². The molecule has 2 saturated heterocycles. The van der Waals surface area contributed by atoms with Crippen molar-refractivity contribution in [3.8, 4) is 0 Å². The van der Waals surface area contributed by atoms with E-state index >= 15 is 0 Å². The lowest BCUT2D eigenvalue weighted by atomic mass is 9.74. The maximum atomic E-state index is 12.3. The van der Waals surface area contributed by atoms with Gasteiger partial charge in [-0.15, -0.1) is 0 Å². The summed E-state index contributed by atoms with van der Waals surface area (Å²) in [7, 11) is 0. The average Bonchev–Trinajstić information content (AvgIpc) is 2.68. The number of aromatic nitrogens is 1. The molecule has 1 aromatic heterocycles. The van der Waals surface area contributed by atoms with E-state index in [0.29, 0.717) is 12.0 Å². The van der Waals surface area contributed by atoms with E-state index < -0.39 is 5.41 Å². The van der Waals surface area contributed by atoms with Crippen LogP contribution in [0, 0.1) is 5.41 Å². The van der Waals surface area contributed by atoms with Gasteiger partial charge in [-0.3, -0.25) is 19.7 Å². The van der Waals surface area contributed by atoms with E-state index in [-0.39, 0.29) is 11.8 Å². The molecule has 2 aliphatic rings. The smallest absolute Gasteiger partial charge is 0.232 e. The minimum Gasteiger partial charge on any atom is -0.357 e. The van der Waals surface area contributed by atoms with Gasteiger partial charge in [-0.05, 0) is 37.8 Å². The quantitative estimate of drug-likeness (QED) is 0.658. The summed E-state index contributed by atoms with van der Waals surface area (Å²) >= 11 is 0. The van der Waals surface area contributed by atoms with Crippen LogP contribution in [0.2, 0.25) is 0 Å². The van der Waals surface area contributed by atoms with Gasteiger partial charge in [0.25, 0.3) is 0 Å². The van der Waals surface area contributed by atoms with Gasteiger partial charge < -0.3 is 4.90 Å². The summed E-state index contributed by atoms with van der Waals surface area (Å²) in [5.41, 5.74) is 0.143. The second-order valence-electron chi connectivity index (χ2n) is 6.07. The van der Waals surface area contributed by atoms with Crippen LogP contribution in [0.15, 0.2) is 18.3 Å². The zero-order valence-electron chi connectivity index (χ0n) is 12.4. The molecule has 2 amide bonds. The van der Waals surface area contributed by atoms with Crippen molar-refractivity contribution in [1.29, 1.82) is 0 Å². The molecule has 1 N–H and O–H groups in total. The predicted molar refractivity (Wildman–Crippen MR) is 80.5 cm³/mol. The molecule has 2 aliphatic heterocycles. The fourth-order valence-corrected chi connectivity index (χ4v) is 3.32. The van der Waals surface area contributed by atoms with Crippen molar-refractivity contribution in [2.24, 2.45) is 5.41 Å². The molecule has 0 bridgehead atoms. The SMILES string of the molecule is O=Cc1ccc(N2CCC3(CCCC(=O)NC3=O)CC2)nc1. The lowest BCUT2D eigenvalue weighted by Gasteiger charge is -2.40. The number of aldehydes is 1. The van der Waals surface area contributed by atoms with Gasteiger partial charge in [0.1, 0.15) is 5.82 Å². The molecule has 6 nitrogen and oxygen atoms in total. The van der Waals surface area contributed by atoms with Crippen LogP contribution < -0.4 is 10.2 Å². The van der Waals surface area contributed by atoms with Crippen LogP contribution in [0.3, 0.4) is 0 Å². The Bertz CT molecular complexity index is 589. The van der Waals surface area contributed by atoms with E-state index in [0.717, 1.165) is 50.9 Å². The Hall–Kier alpha value is -2.24. The highest BCUT2D eigenvalue weighted by Gasteiger charge is 2.43. The molecule has 116 valence electrons. The molecule has 0 atom stereocenters. The molecule has 0 unspecified atom stereocenters. The number of rotatable bonds is 2. The first-order valence-electron chi connectivity index (χ1n) is 7.63. The average molecular weight is 301 g/mol. The summed E-state index contributed by atoms with van der Waals surface area (Å²) < 4.78 is 0. The van der Waals surface area contributed by atoms with Crippen LogP contribution in [0.4, 0.5) is 5.82 Å². The Morgan fingerprint density at radius 1 is 1.18 bits per heavy atom. The highest BCUT2D eigenvalue weighted by atomic mass is 16.2. The third kappa shape index (κ3) is 2.73. The van der Waals surface area contributed by atoms with Crippen molar-refractivity contribution in [2.75, 3.05) is 18.0 Å². The van der Waals surface area contributed by atoms with Crippen molar-refractivity contribution in [3.63, 3.8) is 0 Å². The maximum Gasteiger partial charge on any atom is 0.232 e. The summed E-state index contributed by atoms with van der Waals surface area (Å²) in [4.78, 5) is 40.9. The lowest BCUT2D eigenvalue weighted by Crippen LogP contribution is -2.49. The number of imide groups is 1. The first kappa shape index (κ1) is 14.7. The normalized spacial score (nSPS) is 21.4. The number of nitrogens with zero attached hydrogens (tertiary/aromatic N) is 2. The van der Waals surface area contributed by atoms with E-state index in [1.165, 1.54) is 0 Å². The van der Waals surface area contributed by atoms with Crippen molar-refractivity contribution < 1.29 is 14.4 Å². The Morgan fingerprint density at radius 2 is 1.95 bits per heavy atom. The number of amides is 2. The fraction of sp³-hybridized carbons (Fsp3) is 0.500. The molecule has 1 aromatic rings. The monoisotopic (exact) mass is 301 g/mol. The topological polar surface area (TPSA) is 79.4 Å². The standard InChI is InChI=1S/C16H19N3O3/c20-11-12-3-4-13(17-10-12)19-8-6-16(7-9-19)5-1-2-14(21)18-15(16)22/h3-4,10-11H,1-2,5-9H2,(H,18,21,22). The molecule has 3 heterocycles. The minimum absolute atomic E-state index is 0.112. The van der Waals surface area contributed by atoms with Gasteiger partial charge in [-0.1, -0.05) is 0 Å². The molecule has 3 rings (SSSR count). The van der Waals surface area contributed by atoms with Crippen LogP contribution in [0.5, 0.6) is 0 Å². The van der Waals surface area contributed by atoms with E-state index in [2.05, 4.69) is 15.2 Å². The third-order valence-corrected chi connectivity index (χ3v) is 4.75. The van der Waals surface area contributed by atoms with Gasteiger partial charge in [0.15, 0.2) is 6.29 Å². The molecule has 22 heavy (non-hydrogen) atoms. The summed E-state index contributed by atoms with van der Waals surface area (Å²) in [6, 6.07) is 3.58. The third-order valence-electron chi connectivity index (χ3n) is 4.75. The van der Waals surface area contributed by atoms with E-state index in [9.17, 15) is 14.4 Å². The minimum atomic E-state index is -0.411. The second-order valence-corrected chi connectivity index (χ2v) is 6.07. The molecule has 2 fully saturated rings. The van der Waals surface area contributed by atoms with Crippen molar-refractivity contribution in [2.45, 2.75) is 32.1 Å². The number of pyridine rings is 1. The molecule has 6 heteroatoms. The summed E-state index contributed by atoms with van der Waals surface area (Å²) in [6.45, 7) is 1.46. The van der Waals surface area contributed by atoms with Crippen LogP contribution in [-0.4, -0.2) is 36.2 Å². The molecular weight excluding hydrogens is 282 g/mol. The van der Waals surface area contributed by atoms with Gasteiger partial charge in [-0.2, -0.15) is 0 Å².